The molecule has 5 N–H and O–H groups in total. The summed E-state index contributed by atoms with van der Waals surface area (Å²) in [4.78, 5) is 31.9. The normalized spacial score (nSPS) is 10.1. The maximum Gasteiger partial charge on any atom is 0.305 e. The van der Waals surface area contributed by atoms with Crippen molar-refractivity contribution in [3.63, 3.8) is 0 Å². The van der Waals surface area contributed by atoms with Crippen molar-refractivity contribution in [2.45, 2.75) is 77.6 Å². The first-order chi connectivity index (χ1) is 32.6. The Labute approximate surface area is 385 Å². The van der Waals surface area contributed by atoms with E-state index in [2.05, 4.69) is 46.2 Å². The Balaban J connectivity index is 0.000000220. The minimum absolute atomic E-state index is 0.158. The minimum atomic E-state index is -0.791. The lowest BCUT2D eigenvalue weighted by atomic mass is 10.1. The van der Waals surface area contributed by atoms with Gasteiger partial charge in [0, 0.05) is 36.0 Å². The van der Waals surface area contributed by atoms with Crippen molar-refractivity contribution in [3.8, 4) is 69.2 Å². The molecule has 0 radical (unpaired) electrons. The van der Waals surface area contributed by atoms with Gasteiger partial charge in [-0.05, 0) is 112 Å². The highest BCUT2D eigenvalue weighted by atomic mass is 16.5. The highest BCUT2D eigenvalue weighted by molar-refractivity contribution is 5.69. The number of rotatable bonds is 24. The molecule has 0 amide bonds. The molecule has 6 aromatic rings. The molecule has 0 aliphatic heterocycles. The van der Waals surface area contributed by atoms with Gasteiger partial charge in [0.15, 0.2) is 17.1 Å². The second-order valence-corrected chi connectivity index (χ2v) is 14.2. The summed E-state index contributed by atoms with van der Waals surface area (Å²) < 4.78 is 21.6. The van der Waals surface area contributed by atoms with E-state index in [4.69, 9.17) is 44.9 Å². The average Bonchev–Trinajstić information content (AvgIpc) is 4.14. The molecule has 67 heavy (non-hydrogen) atoms. The van der Waals surface area contributed by atoms with Crippen molar-refractivity contribution in [1.82, 2.24) is 46.2 Å². The first-order valence-corrected chi connectivity index (χ1v) is 21.4. The number of aromatic nitrogens is 9. The van der Waals surface area contributed by atoms with Crippen LogP contribution in [0.3, 0.4) is 0 Å². The zero-order valence-electron chi connectivity index (χ0n) is 36.8. The van der Waals surface area contributed by atoms with Gasteiger partial charge in [0.2, 0.25) is 0 Å². The lowest BCUT2D eigenvalue weighted by molar-refractivity contribution is -0.143. The lowest BCUT2D eigenvalue weighted by Crippen LogP contribution is -2.06. The van der Waals surface area contributed by atoms with Crippen LogP contribution in [0.15, 0.2) is 72.8 Å². The molecule has 21 nitrogen and oxygen atoms in total. The van der Waals surface area contributed by atoms with E-state index < -0.39 is 11.9 Å². The largest absolute Gasteiger partial charge is 0.494 e. The number of aliphatic carboxylic acids is 2. The molecule has 0 saturated heterocycles. The molecule has 0 atom stereocenters. The van der Waals surface area contributed by atoms with Gasteiger partial charge in [-0.25, -0.2) is 0 Å². The molecule has 0 saturated carbocycles. The van der Waals surface area contributed by atoms with E-state index in [1.54, 1.807) is 55.5 Å². The smallest absolute Gasteiger partial charge is 0.305 e. The number of aromatic amines is 3. The molecule has 0 aliphatic carbocycles. The third kappa shape index (κ3) is 18.2. The fourth-order valence-electron chi connectivity index (χ4n) is 5.96. The number of nitrogens with one attached hydrogen (secondary N) is 3. The number of benzene rings is 3. The Bertz CT molecular complexity index is 2550. The summed E-state index contributed by atoms with van der Waals surface area (Å²) in [6, 6.07) is 27.6. The number of unbranched alkanes of at least 4 members (excludes halogenated alkanes) is 5. The van der Waals surface area contributed by atoms with E-state index in [1.807, 2.05) is 42.5 Å². The fourth-order valence-corrected chi connectivity index (χ4v) is 5.96. The Morgan fingerprint density at radius 2 is 0.806 bits per heavy atom. The molecule has 21 heteroatoms. The third-order valence-corrected chi connectivity index (χ3v) is 9.30. The number of esters is 1. The molecule has 3 aromatic carbocycles. The van der Waals surface area contributed by atoms with Crippen LogP contribution in [0.2, 0.25) is 0 Å². The highest BCUT2D eigenvalue weighted by Gasteiger charge is 2.12. The molecular weight excluding hydrogens is 865 g/mol. The number of carbonyl (C=O) groups is 3. The van der Waals surface area contributed by atoms with Crippen LogP contribution in [0.5, 0.6) is 17.2 Å². The van der Waals surface area contributed by atoms with Crippen LogP contribution in [-0.2, 0) is 19.1 Å². The van der Waals surface area contributed by atoms with Gasteiger partial charge in [0.1, 0.15) is 52.5 Å². The molecule has 0 bridgehead atoms. The van der Waals surface area contributed by atoms with Gasteiger partial charge in [-0.1, -0.05) is 19.3 Å². The van der Waals surface area contributed by atoms with Crippen LogP contribution in [0, 0.1) is 34.0 Å². The summed E-state index contributed by atoms with van der Waals surface area (Å²) in [6.45, 7) is 3.72. The molecule has 0 spiro atoms. The first-order valence-electron chi connectivity index (χ1n) is 21.4. The zero-order chi connectivity index (χ0) is 48.1. The number of carboxylic acids is 2. The maximum absolute atomic E-state index is 11.2. The SMILES string of the molecule is CCOC(=O)CCCOc1ccc(-c2n[nH]nc2C#N)cc1.N#Cc1n[nH]nc1-c1ccc(OCCCCC(=O)O)cc1.N#Cc1n[nH]nc1-c1ccc(OCCCCCCCC(=O)O)cc1. The highest BCUT2D eigenvalue weighted by Crippen LogP contribution is 2.25. The summed E-state index contributed by atoms with van der Waals surface area (Å²) in [5.41, 5.74) is 4.69. The Morgan fingerprint density at radius 1 is 0.478 bits per heavy atom. The summed E-state index contributed by atoms with van der Waals surface area (Å²) in [7, 11) is 0. The predicted molar refractivity (Wildman–Crippen MR) is 239 cm³/mol. The number of nitriles is 3. The maximum atomic E-state index is 11.2. The fraction of sp³-hybridized carbons (Fsp3) is 0.348. The average molecular weight is 915 g/mol. The molecule has 0 fully saturated rings. The number of nitrogens with zero attached hydrogens (tertiary/aromatic N) is 9. The Hall–Kier alpha value is -8.64. The minimum Gasteiger partial charge on any atom is -0.494 e. The van der Waals surface area contributed by atoms with Crippen molar-refractivity contribution >= 4 is 17.9 Å². The number of carbonyl (C=O) groups excluding carboxylic acids is 1. The number of ether oxygens (including phenoxy) is 4. The second kappa shape index (κ2) is 28.9. The number of H-pyrrole nitrogens is 3. The zero-order valence-corrected chi connectivity index (χ0v) is 36.8. The van der Waals surface area contributed by atoms with Crippen LogP contribution >= 0.6 is 0 Å². The Morgan fingerprint density at radius 3 is 1.16 bits per heavy atom. The van der Waals surface area contributed by atoms with Crippen molar-refractivity contribution in [2.24, 2.45) is 0 Å². The molecule has 3 aromatic heterocycles. The lowest BCUT2D eigenvalue weighted by Gasteiger charge is -2.06. The second-order valence-electron chi connectivity index (χ2n) is 14.2. The van der Waals surface area contributed by atoms with Crippen LogP contribution in [0.4, 0.5) is 0 Å². The van der Waals surface area contributed by atoms with E-state index in [-0.39, 0.29) is 35.9 Å². The van der Waals surface area contributed by atoms with Gasteiger partial charge in [-0.2, -0.15) is 46.7 Å². The van der Waals surface area contributed by atoms with E-state index in [0.717, 1.165) is 54.5 Å². The van der Waals surface area contributed by atoms with E-state index in [1.165, 1.54) is 0 Å². The van der Waals surface area contributed by atoms with Gasteiger partial charge in [0.05, 0.1) is 26.4 Å². The number of hydrogen-bond donors (Lipinski definition) is 5. The van der Waals surface area contributed by atoms with Crippen LogP contribution < -0.4 is 14.2 Å². The molecule has 0 aliphatic rings. The van der Waals surface area contributed by atoms with Gasteiger partial charge >= 0.3 is 17.9 Å². The molecular formula is C46H50N12O9. The number of carboxylic acid groups (broad SMARTS) is 2. The van der Waals surface area contributed by atoms with Crippen LogP contribution in [0.1, 0.15) is 94.6 Å². The number of hydrogen-bond acceptors (Lipinski definition) is 16. The van der Waals surface area contributed by atoms with Crippen molar-refractivity contribution in [2.75, 3.05) is 26.4 Å². The standard InChI is InChI=1S/C17H20N4O3.C15H16N4O3.C14H14N4O3/c18-12-15-17(20-21-19-15)13-7-9-14(10-8-13)24-11-5-3-1-2-4-6-16(22)23;1-2-21-14(20)4-3-9-22-12-7-5-11(6-8-12)15-13(10-16)17-19-18-15;15-9-12-14(17-18-16-12)10-4-6-11(7-5-10)21-8-2-1-3-13(19)20/h7-10H,1-6,11H2,(H,22,23)(H,19,20,21);5-8H,2-4,9H2,1H3,(H,17,18,19);4-7H,1-3,8H2,(H,19,20)(H,16,17,18). The molecule has 6 rings (SSSR count). The monoisotopic (exact) mass is 914 g/mol. The Kier molecular flexibility index (Phi) is 22.0. The van der Waals surface area contributed by atoms with Crippen LogP contribution in [0.25, 0.3) is 33.8 Å². The summed E-state index contributed by atoms with van der Waals surface area (Å²) in [5.74, 6) is 0.420. The quantitative estimate of drug-likeness (QED) is 0.0296. The summed E-state index contributed by atoms with van der Waals surface area (Å²) in [6.07, 6.45) is 7.32. The van der Waals surface area contributed by atoms with Crippen molar-refractivity contribution in [1.29, 1.82) is 15.8 Å². The molecule has 3 heterocycles. The molecule has 348 valence electrons. The van der Waals surface area contributed by atoms with Gasteiger partial charge in [-0.15, -0.1) is 15.3 Å². The summed E-state index contributed by atoms with van der Waals surface area (Å²) >= 11 is 0. The predicted octanol–water partition coefficient (Wildman–Crippen LogP) is 7.19. The van der Waals surface area contributed by atoms with Gasteiger partial charge in [0.25, 0.3) is 0 Å². The summed E-state index contributed by atoms with van der Waals surface area (Å²) in [5, 5.41) is 74.2. The van der Waals surface area contributed by atoms with Crippen molar-refractivity contribution < 1.29 is 43.5 Å². The third-order valence-electron chi connectivity index (χ3n) is 9.30. The first kappa shape index (κ1) is 51.0. The van der Waals surface area contributed by atoms with Gasteiger partial charge in [-0.3, -0.25) is 14.4 Å². The topological polar surface area (TPSA) is 325 Å². The van der Waals surface area contributed by atoms with E-state index in [0.29, 0.717) is 80.7 Å². The van der Waals surface area contributed by atoms with Crippen LogP contribution in [-0.4, -0.2) is 101 Å². The van der Waals surface area contributed by atoms with E-state index >= 15 is 0 Å². The van der Waals surface area contributed by atoms with E-state index in [9.17, 15) is 14.4 Å². The van der Waals surface area contributed by atoms with Gasteiger partial charge < -0.3 is 29.2 Å². The molecule has 0 unspecified atom stereocenters. The van der Waals surface area contributed by atoms with Crippen molar-refractivity contribution in [3.05, 3.63) is 89.9 Å².